The highest BCUT2D eigenvalue weighted by atomic mass is 16.3. The Balaban J connectivity index is 1.67. The summed E-state index contributed by atoms with van der Waals surface area (Å²) < 4.78 is 0. The van der Waals surface area contributed by atoms with Gasteiger partial charge in [0, 0.05) is 31.5 Å². The molecule has 0 aliphatic heterocycles. The summed E-state index contributed by atoms with van der Waals surface area (Å²) in [6.07, 6.45) is 8.16. The highest BCUT2D eigenvalue weighted by Gasteiger charge is 2.25. The SMILES string of the molecule is O=C(NCCc1cccnc1)C1CCC(CO)CC1. The molecule has 1 aromatic rings. The molecule has 4 heteroatoms. The number of carbonyl (C=O) groups is 1. The lowest BCUT2D eigenvalue weighted by Gasteiger charge is -2.26. The molecule has 1 aromatic heterocycles. The van der Waals surface area contributed by atoms with Crippen molar-refractivity contribution in [2.75, 3.05) is 13.2 Å². The number of hydrogen-bond acceptors (Lipinski definition) is 3. The lowest BCUT2D eigenvalue weighted by atomic mass is 9.82. The first kappa shape index (κ1) is 14.0. The van der Waals surface area contributed by atoms with Gasteiger partial charge in [0.2, 0.25) is 5.91 Å². The predicted octanol–water partition coefficient (Wildman–Crippen LogP) is 1.54. The average Bonchev–Trinajstić information content (AvgIpc) is 2.48. The number of nitrogens with zero attached hydrogens (tertiary/aromatic N) is 1. The molecule has 0 spiro atoms. The molecule has 19 heavy (non-hydrogen) atoms. The van der Waals surface area contributed by atoms with Crippen LogP contribution in [0.15, 0.2) is 24.5 Å². The highest BCUT2D eigenvalue weighted by Crippen LogP contribution is 2.28. The third kappa shape index (κ3) is 4.31. The first-order chi connectivity index (χ1) is 9.29. The third-order valence-corrected chi connectivity index (χ3v) is 3.91. The van der Waals surface area contributed by atoms with E-state index < -0.39 is 0 Å². The number of rotatable bonds is 5. The van der Waals surface area contributed by atoms with Gasteiger partial charge in [-0.05, 0) is 49.7 Å². The summed E-state index contributed by atoms with van der Waals surface area (Å²) in [6.45, 7) is 0.930. The van der Waals surface area contributed by atoms with Gasteiger partial charge in [0.15, 0.2) is 0 Å². The monoisotopic (exact) mass is 262 g/mol. The van der Waals surface area contributed by atoms with Crippen molar-refractivity contribution in [2.24, 2.45) is 11.8 Å². The number of aliphatic hydroxyl groups excluding tert-OH is 1. The quantitative estimate of drug-likeness (QED) is 0.846. The molecule has 104 valence electrons. The third-order valence-electron chi connectivity index (χ3n) is 3.91. The molecule has 1 heterocycles. The van der Waals surface area contributed by atoms with E-state index in [1.165, 1.54) is 0 Å². The summed E-state index contributed by atoms with van der Waals surface area (Å²) in [5.41, 5.74) is 1.15. The van der Waals surface area contributed by atoms with Gasteiger partial charge in [-0.3, -0.25) is 9.78 Å². The van der Waals surface area contributed by atoms with Gasteiger partial charge in [-0.15, -0.1) is 0 Å². The van der Waals surface area contributed by atoms with Gasteiger partial charge in [-0.2, -0.15) is 0 Å². The molecule has 1 aliphatic rings. The van der Waals surface area contributed by atoms with Crippen molar-refractivity contribution in [1.82, 2.24) is 10.3 Å². The van der Waals surface area contributed by atoms with Crippen LogP contribution in [-0.4, -0.2) is 29.1 Å². The van der Waals surface area contributed by atoms with Gasteiger partial charge in [0.1, 0.15) is 0 Å². The molecule has 2 rings (SSSR count). The summed E-state index contributed by atoms with van der Waals surface area (Å²) >= 11 is 0. The number of aromatic nitrogens is 1. The molecular formula is C15H22N2O2. The number of aliphatic hydroxyl groups is 1. The van der Waals surface area contributed by atoms with Crippen LogP contribution in [0.25, 0.3) is 0 Å². The second kappa shape index (κ2) is 7.24. The predicted molar refractivity (Wildman–Crippen MR) is 73.5 cm³/mol. The van der Waals surface area contributed by atoms with Gasteiger partial charge < -0.3 is 10.4 Å². The van der Waals surface area contributed by atoms with Crippen LogP contribution in [0, 0.1) is 11.8 Å². The molecule has 1 aliphatic carbocycles. The Bertz CT molecular complexity index is 386. The van der Waals surface area contributed by atoms with Gasteiger partial charge in [0.25, 0.3) is 0 Å². The topological polar surface area (TPSA) is 62.2 Å². The molecule has 1 fully saturated rings. The van der Waals surface area contributed by atoms with Gasteiger partial charge in [-0.1, -0.05) is 6.07 Å². The standard InChI is InChI=1S/C15H22N2O2/c18-11-13-3-5-14(6-4-13)15(19)17-9-7-12-2-1-8-16-10-12/h1-2,8,10,13-14,18H,3-7,9,11H2,(H,17,19). The lowest BCUT2D eigenvalue weighted by molar-refractivity contribution is -0.126. The second-order valence-corrected chi connectivity index (χ2v) is 5.30. The second-order valence-electron chi connectivity index (χ2n) is 5.30. The van der Waals surface area contributed by atoms with E-state index in [1.54, 1.807) is 6.20 Å². The fourth-order valence-corrected chi connectivity index (χ4v) is 2.63. The summed E-state index contributed by atoms with van der Waals surface area (Å²) in [4.78, 5) is 16.0. The van der Waals surface area contributed by atoms with E-state index in [2.05, 4.69) is 10.3 Å². The average molecular weight is 262 g/mol. The molecule has 2 N–H and O–H groups in total. The molecular weight excluding hydrogens is 240 g/mol. The molecule has 1 amide bonds. The zero-order chi connectivity index (χ0) is 13.5. The molecule has 0 bridgehead atoms. The Labute approximate surface area is 114 Å². The van der Waals surface area contributed by atoms with Crippen molar-refractivity contribution in [3.63, 3.8) is 0 Å². The van der Waals surface area contributed by atoms with Crippen molar-refractivity contribution >= 4 is 5.91 Å². The van der Waals surface area contributed by atoms with Crippen LogP contribution in [0.1, 0.15) is 31.2 Å². The summed E-state index contributed by atoms with van der Waals surface area (Å²) in [7, 11) is 0. The number of hydrogen-bond donors (Lipinski definition) is 2. The molecule has 4 nitrogen and oxygen atoms in total. The minimum atomic E-state index is 0.136. The van der Waals surface area contributed by atoms with Gasteiger partial charge in [0.05, 0.1) is 0 Å². The zero-order valence-electron chi connectivity index (χ0n) is 11.2. The van der Waals surface area contributed by atoms with Crippen LogP contribution < -0.4 is 5.32 Å². The van der Waals surface area contributed by atoms with Crippen LogP contribution in [0.5, 0.6) is 0 Å². The van der Waals surface area contributed by atoms with Crippen molar-refractivity contribution in [3.05, 3.63) is 30.1 Å². The molecule has 0 radical (unpaired) electrons. The minimum absolute atomic E-state index is 0.136. The van der Waals surface area contributed by atoms with E-state index >= 15 is 0 Å². The lowest BCUT2D eigenvalue weighted by Crippen LogP contribution is -2.34. The fraction of sp³-hybridized carbons (Fsp3) is 0.600. The summed E-state index contributed by atoms with van der Waals surface area (Å²) in [6, 6.07) is 3.93. The van der Waals surface area contributed by atoms with E-state index in [0.717, 1.165) is 37.7 Å². The highest BCUT2D eigenvalue weighted by molar-refractivity contribution is 5.78. The molecule has 0 unspecified atom stereocenters. The minimum Gasteiger partial charge on any atom is -0.396 e. The first-order valence-electron chi connectivity index (χ1n) is 7.07. The van der Waals surface area contributed by atoms with Crippen molar-refractivity contribution in [2.45, 2.75) is 32.1 Å². The smallest absolute Gasteiger partial charge is 0.223 e. The maximum atomic E-state index is 12.0. The molecule has 0 aromatic carbocycles. The largest absolute Gasteiger partial charge is 0.396 e. The normalized spacial score (nSPS) is 23.0. The number of carbonyl (C=O) groups excluding carboxylic acids is 1. The Morgan fingerprint density at radius 2 is 2.16 bits per heavy atom. The maximum absolute atomic E-state index is 12.0. The first-order valence-corrected chi connectivity index (χ1v) is 7.07. The van der Waals surface area contributed by atoms with Gasteiger partial charge in [-0.25, -0.2) is 0 Å². The Morgan fingerprint density at radius 3 is 2.79 bits per heavy atom. The zero-order valence-corrected chi connectivity index (χ0v) is 11.2. The van der Waals surface area contributed by atoms with Crippen LogP contribution in [0.4, 0.5) is 0 Å². The Hall–Kier alpha value is -1.42. The number of amides is 1. The van der Waals surface area contributed by atoms with E-state index in [9.17, 15) is 4.79 Å². The van der Waals surface area contributed by atoms with E-state index in [1.807, 2.05) is 18.3 Å². The number of pyridine rings is 1. The van der Waals surface area contributed by atoms with Crippen molar-refractivity contribution in [1.29, 1.82) is 0 Å². The van der Waals surface area contributed by atoms with E-state index in [4.69, 9.17) is 5.11 Å². The summed E-state index contributed by atoms with van der Waals surface area (Å²) in [5.74, 6) is 0.705. The van der Waals surface area contributed by atoms with Crippen LogP contribution in [-0.2, 0) is 11.2 Å². The van der Waals surface area contributed by atoms with Crippen molar-refractivity contribution in [3.8, 4) is 0 Å². The van der Waals surface area contributed by atoms with E-state index in [0.29, 0.717) is 12.5 Å². The van der Waals surface area contributed by atoms with Crippen LogP contribution >= 0.6 is 0 Å². The maximum Gasteiger partial charge on any atom is 0.223 e. The Kier molecular flexibility index (Phi) is 5.33. The number of nitrogens with one attached hydrogen (secondary N) is 1. The molecule has 1 saturated carbocycles. The Morgan fingerprint density at radius 1 is 1.37 bits per heavy atom. The van der Waals surface area contributed by atoms with Gasteiger partial charge >= 0.3 is 0 Å². The van der Waals surface area contributed by atoms with Crippen LogP contribution in [0.3, 0.4) is 0 Å². The fourth-order valence-electron chi connectivity index (χ4n) is 2.63. The van der Waals surface area contributed by atoms with E-state index in [-0.39, 0.29) is 18.4 Å². The van der Waals surface area contributed by atoms with Crippen molar-refractivity contribution < 1.29 is 9.90 Å². The summed E-state index contributed by atoms with van der Waals surface area (Å²) in [5, 5.41) is 12.1. The molecule has 0 saturated heterocycles. The van der Waals surface area contributed by atoms with Crippen LogP contribution in [0.2, 0.25) is 0 Å². The molecule has 0 atom stereocenters.